The van der Waals surface area contributed by atoms with Crippen LogP contribution in [-0.4, -0.2) is 5.92 Å². The maximum Gasteiger partial charge on any atom is 0.267 e. The van der Waals surface area contributed by atoms with Gasteiger partial charge in [-0.3, -0.25) is 0 Å². The molecule has 0 spiro atoms. The smallest absolute Gasteiger partial charge is 0.202 e. The summed E-state index contributed by atoms with van der Waals surface area (Å²) in [7, 11) is 0. The molecule has 0 saturated heterocycles. The number of allylic oxidation sites excluding steroid dienone is 6. The summed E-state index contributed by atoms with van der Waals surface area (Å²) in [6.45, 7) is 2.04. The van der Waals surface area contributed by atoms with Gasteiger partial charge < -0.3 is 0 Å². The first-order valence-electron chi connectivity index (χ1n) is 8.01. The van der Waals surface area contributed by atoms with E-state index in [1.165, 1.54) is 37.3 Å². The third kappa shape index (κ3) is 1.76. The Hall–Kier alpha value is -0.920. The zero-order valence-corrected chi connectivity index (χ0v) is 12.1. The zero-order valence-electron chi connectivity index (χ0n) is 12.1. The fourth-order valence-corrected chi connectivity index (χ4v) is 5.09. The SMILES string of the molecule is C[C@]12CC[C@H]3C(=CC=C4CCCC[C@@H]43)C1=CC(F)(F)C2. The van der Waals surface area contributed by atoms with Crippen molar-refractivity contribution >= 4 is 0 Å². The highest BCUT2D eigenvalue weighted by Crippen LogP contribution is 2.60. The highest BCUT2D eigenvalue weighted by molar-refractivity contribution is 5.50. The Morgan fingerprint density at radius 1 is 1.10 bits per heavy atom. The van der Waals surface area contributed by atoms with Gasteiger partial charge in [0.1, 0.15) is 0 Å². The summed E-state index contributed by atoms with van der Waals surface area (Å²) >= 11 is 0. The van der Waals surface area contributed by atoms with Crippen molar-refractivity contribution in [1.29, 1.82) is 0 Å². The molecule has 0 heterocycles. The van der Waals surface area contributed by atoms with Crippen LogP contribution >= 0.6 is 0 Å². The van der Waals surface area contributed by atoms with Gasteiger partial charge in [0.25, 0.3) is 5.92 Å². The molecule has 20 heavy (non-hydrogen) atoms. The third-order valence-electron chi connectivity index (χ3n) is 6.02. The second-order valence-corrected chi connectivity index (χ2v) is 7.42. The molecule has 3 atom stereocenters. The molecule has 0 aromatic carbocycles. The Morgan fingerprint density at radius 2 is 1.95 bits per heavy atom. The van der Waals surface area contributed by atoms with Crippen LogP contribution in [0.3, 0.4) is 0 Å². The van der Waals surface area contributed by atoms with E-state index in [0.29, 0.717) is 11.8 Å². The van der Waals surface area contributed by atoms with Gasteiger partial charge in [-0.1, -0.05) is 31.1 Å². The van der Waals surface area contributed by atoms with Crippen molar-refractivity contribution < 1.29 is 8.78 Å². The molecule has 2 fully saturated rings. The van der Waals surface area contributed by atoms with E-state index >= 15 is 0 Å². The van der Waals surface area contributed by atoms with Crippen LogP contribution in [0.4, 0.5) is 8.78 Å². The van der Waals surface area contributed by atoms with E-state index in [2.05, 4.69) is 12.2 Å². The molecule has 0 radical (unpaired) electrons. The Kier molecular flexibility index (Phi) is 2.59. The number of halogens is 2. The van der Waals surface area contributed by atoms with Gasteiger partial charge in [-0.05, 0) is 66.6 Å². The lowest BCUT2D eigenvalue weighted by molar-refractivity contribution is 0.0262. The standard InChI is InChI=1S/C18H22F2/c1-17-9-8-14-13-5-3-2-4-12(13)6-7-15(14)16(17)10-18(19,20)11-17/h6-7,10,13-14H,2-5,8-9,11H2,1H3/t13-,14+,17+/m0/s1. The zero-order chi connectivity index (χ0) is 14.0. The fourth-order valence-electron chi connectivity index (χ4n) is 5.09. The predicted octanol–water partition coefficient (Wildman–Crippen LogP) is 5.42. The van der Waals surface area contributed by atoms with Crippen molar-refractivity contribution in [2.75, 3.05) is 0 Å². The van der Waals surface area contributed by atoms with E-state index < -0.39 is 5.92 Å². The average Bonchev–Trinajstić information content (AvgIpc) is 2.67. The molecule has 0 nitrogen and oxygen atoms in total. The molecule has 4 aliphatic rings. The molecule has 4 aliphatic carbocycles. The molecule has 0 aromatic rings. The number of rotatable bonds is 0. The summed E-state index contributed by atoms with van der Waals surface area (Å²) in [5, 5.41) is 0. The number of hydrogen-bond donors (Lipinski definition) is 0. The highest BCUT2D eigenvalue weighted by atomic mass is 19.3. The first-order chi connectivity index (χ1) is 9.49. The summed E-state index contributed by atoms with van der Waals surface area (Å²) in [4.78, 5) is 0. The highest BCUT2D eigenvalue weighted by Gasteiger charge is 2.52. The largest absolute Gasteiger partial charge is 0.267 e. The fraction of sp³-hybridized carbons (Fsp3) is 0.667. The van der Waals surface area contributed by atoms with Crippen LogP contribution in [0.1, 0.15) is 51.9 Å². The average molecular weight is 276 g/mol. The van der Waals surface area contributed by atoms with Crippen LogP contribution in [0.25, 0.3) is 0 Å². The number of alkyl halides is 2. The molecule has 0 unspecified atom stereocenters. The normalized spacial score (nSPS) is 41.9. The minimum atomic E-state index is -2.60. The van der Waals surface area contributed by atoms with E-state index in [0.717, 1.165) is 18.4 Å². The molecule has 0 amide bonds. The summed E-state index contributed by atoms with van der Waals surface area (Å²) in [5.41, 5.74) is 3.51. The van der Waals surface area contributed by atoms with Gasteiger partial charge in [-0.2, -0.15) is 0 Å². The number of fused-ring (bicyclic) bond motifs is 5. The van der Waals surface area contributed by atoms with Crippen molar-refractivity contribution in [3.63, 3.8) is 0 Å². The Bertz CT molecular complexity index is 538. The monoisotopic (exact) mass is 276 g/mol. The molecule has 0 aromatic heterocycles. The van der Waals surface area contributed by atoms with Gasteiger partial charge in [0, 0.05) is 6.42 Å². The summed E-state index contributed by atoms with van der Waals surface area (Å²) in [5.74, 6) is -1.44. The van der Waals surface area contributed by atoms with E-state index in [1.54, 1.807) is 5.57 Å². The Morgan fingerprint density at radius 3 is 2.80 bits per heavy atom. The lowest BCUT2D eigenvalue weighted by Gasteiger charge is -2.45. The molecule has 2 heteroatoms. The molecule has 0 N–H and O–H groups in total. The lowest BCUT2D eigenvalue weighted by atomic mass is 9.59. The van der Waals surface area contributed by atoms with E-state index in [9.17, 15) is 8.78 Å². The maximum atomic E-state index is 13.9. The van der Waals surface area contributed by atoms with Crippen LogP contribution in [0.5, 0.6) is 0 Å². The van der Waals surface area contributed by atoms with Crippen molar-refractivity contribution in [2.45, 2.75) is 57.8 Å². The number of hydrogen-bond acceptors (Lipinski definition) is 0. The van der Waals surface area contributed by atoms with Crippen LogP contribution < -0.4 is 0 Å². The third-order valence-corrected chi connectivity index (χ3v) is 6.02. The van der Waals surface area contributed by atoms with Crippen LogP contribution in [0.15, 0.2) is 34.9 Å². The van der Waals surface area contributed by atoms with Gasteiger partial charge in [-0.25, -0.2) is 8.78 Å². The first-order valence-corrected chi connectivity index (χ1v) is 8.01. The first kappa shape index (κ1) is 12.8. The van der Waals surface area contributed by atoms with E-state index in [4.69, 9.17) is 0 Å². The van der Waals surface area contributed by atoms with Gasteiger partial charge in [0.2, 0.25) is 0 Å². The Labute approximate surface area is 119 Å². The second kappa shape index (κ2) is 4.05. The van der Waals surface area contributed by atoms with E-state index in [-0.39, 0.29) is 11.8 Å². The molecule has 108 valence electrons. The summed E-state index contributed by atoms with van der Waals surface area (Å²) in [6, 6.07) is 0. The van der Waals surface area contributed by atoms with Crippen molar-refractivity contribution in [2.24, 2.45) is 17.3 Å². The Balaban J connectivity index is 1.77. The lowest BCUT2D eigenvalue weighted by Crippen LogP contribution is -2.34. The quantitative estimate of drug-likeness (QED) is 0.554. The predicted molar refractivity (Wildman–Crippen MR) is 76.6 cm³/mol. The molecular formula is C18H22F2. The molecule has 0 aliphatic heterocycles. The van der Waals surface area contributed by atoms with Crippen molar-refractivity contribution in [3.8, 4) is 0 Å². The van der Waals surface area contributed by atoms with Crippen molar-refractivity contribution in [3.05, 3.63) is 34.9 Å². The molecule has 0 bridgehead atoms. The van der Waals surface area contributed by atoms with Gasteiger partial charge in [0.15, 0.2) is 0 Å². The van der Waals surface area contributed by atoms with Gasteiger partial charge >= 0.3 is 0 Å². The molecule has 4 rings (SSSR count). The van der Waals surface area contributed by atoms with Gasteiger partial charge in [-0.15, -0.1) is 0 Å². The van der Waals surface area contributed by atoms with Crippen molar-refractivity contribution in [1.82, 2.24) is 0 Å². The topological polar surface area (TPSA) is 0 Å². The van der Waals surface area contributed by atoms with E-state index in [1.807, 2.05) is 6.92 Å². The van der Waals surface area contributed by atoms with Gasteiger partial charge in [0.05, 0.1) is 0 Å². The minimum absolute atomic E-state index is 0.0145. The van der Waals surface area contributed by atoms with Crippen LogP contribution in [-0.2, 0) is 0 Å². The van der Waals surface area contributed by atoms with Crippen LogP contribution in [0.2, 0.25) is 0 Å². The second-order valence-electron chi connectivity index (χ2n) is 7.42. The summed E-state index contributed by atoms with van der Waals surface area (Å²) in [6.07, 6.45) is 12.8. The molecular weight excluding hydrogens is 254 g/mol. The van der Waals surface area contributed by atoms with Crippen LogP contribution in [0, 0.1) is 17.3 Å². The summed E-state index contributed by atoms with van der Waals surface area (Å²) < 4.78 is 27.7. The minimum Gasteiger partial charge on any atom is -0.202 e. The maximum absolute atomic E-state index is 13.9. The molecule has 2 saturated carbocycles.